The van der Waals surface area contributed by atoms with Gasteiger partial charge in [0.1, 0.15) is 24.7 Å². The van der Waals surface area contributed by atoms with Gasteiger partial charge in [0.15, 0.2) is 17.3 Å². The minimum absolute atomic E-state index is 0.0961. The molecule has 2 heterocycles. The Kier molecular flexibility index (Phi) is 10.4. The van der Waals surface area contributed by atoms with Crippen LogP contribution < -0.4 is 19.6 Å². The predicted octanol–water partition coefficient (Wildman–Crippen LogP) is 8.97. The summed E-state index contributed by atoms with van der Waals surface area (Å²) in [5.74, 6) is 1.56. The van der Waals surface area contributed by atoms with Crippen molar-refractivity contribution in [1.29, 1.82) is 0 Å². The number of carbonyl (C=O) groups excluding carboxylic acids is 1. The number of aryl methyl sites for hydroxylation is 2. The third kappa shape index (κ3) is 8.02. The standard InChI is InChI=1S/C34H30Cl3N3O5/c1-4-42-32-17-24(16-30(37)33(32)44-19-23-7-13-28(35)29(36)15-23)18-38-39-34(41)31-14-12-27(45-31)20-43-26-10-8-25(9-11-26)40-21(2)5-6-22(40)3/h5-18H,4,19-20H2,1-3H3,(H,39,41)/b38-18+. The summed E-state index contributed by atoms with van der Waals surface area (Å²) in [7, 11) is 0. The fraction of sp³-hybridized carbons (Fsp3) is 0.176. The topological polar surface area (TPSA) is 87.2 Å². The lowest BCUT2D eigenvalue weighted by atomic mass is 10.2. The maximum Gasteiger partial charge on any atom is 0.307 e. The molecule has 1 amide bonds. The lowest BCUT2D eigenvalue weighted by molar-refractivity contribution is 0.0923. The van der Waals surface area contributed by atoms with Crippen molar-refractivity contribution in [3.63, 3.8) is 0 Å². The van der Waals surface area contributed by atoms with Gasteiger partial charge in [-0.3, -0.25) is 4.79 Å². The Morgan fingerprint density at radius 2 is 1.60 bits per heavy atom. The quantitative estimate of drug-likeness (QED) is 0.106. The Morgan fingerprint density at radius 1 is 0.844 bits per heavy atom. The molecule has 0 unspecified atom stereocenters. The number of hydrogen-bond donors (Lipinski definition) is 1. The molecule has 8 nitrogen and oxygen atoms in total. The molecule has 1 N–H and O–H groups in total. The smallest absolute Gasteiger partial charge is 0.307 e. The Hall–Kier alpha value is -4.37. The average Bonchev–Trinajstić information content (AvgIpc) is 3.64. The monoisotopic (exact) mass is 665 g/mol. The van der Waals surface area contributed by atoms with E-state index in [4.69, 9.17) is 53.4 Å². The second-order valence-corrected chi connectivity index (χ2v) is 11.2. The molecule has 0 spiro atoms. The lowest BCUT2D eigenvalue weighted by Crippen LogP contribution is -2.16. The minimum Gasteiger partial charge on any atom is -0.490 e. The molecule has 0 saturated heterocycles. The summed E-state index contributed by atoms with van der Waals surface area (Å²) in [6, 6.07) is 23.8. The van der Waals surface area contributed by atoms with E-state index < -0.39 is 5.91 Å². The molecule has 0 aliphatic heterocycles. The highest BCUT2D eigenvalue weighted by atomic mass is 35.5. The molecule has 5 rings (SSSR count). The SMILES string of the molecule is CCOc1cc(/C=N/NC(=O)c2ccc(COc3ccc(-n4c(C)ccc4C)cc3)o2)cc(Cl)c1OCc1ccc(Cl)c(Cl)c1. The first-order chi connectivity index (χ1) is 21.7. The number of amides is 1. The van der Waals surface area contributed by atoms with Crippen molar-refractivity contribution >= 4 is 46.9 Å². The zero-order valence-corrected chi connectivity index (χ0v) is 27.0. The van der Waals surface area contributed by atoms with Crippen LogP contribution >= 0.6 is 34.8 Å². The van der Waals surface area contributed by atoms with Gasteiger partial charge in [0.05, 0.1) is 27.9 Å². The molecule has 5 aromatic rings. The number of nitrogens with zero attached hydrogens (tertiary/aromatic N) is 2. The van der Waals surface area contributed by atoms with E-state index >= 15 is 0 Å². The molecule has 11 heteroatoms. The summed E-state index contributed by atoms with van der Waals surface area (Å²) in [6.45, 7) is 6.74. The zero-order chi connectivity index (χ0) is 31.9. The van der Waals surface area contributed by atoms with Crippen molar-refractivity contribution in [3.8, 4) is 22.9 Å². The van der Waals surface area contributed by atoms with Gasteiger partial charge < -0.3 is 23.2 Å². The molecule has 2 aromatic heterocycles. The maximum atomic E-state index is 12.6. The zero-order valence-electron chi connectivity index (χ0n) is 24.8. The molecular formula is C34H30Cl3N3O5. The van der Waals surface area contributed by atoms with Gasteiger partial charge in [0.2, 0.25) is 0 Å². The van der Waals surface area contributed by atoms with E-state index in [2.05, 4.69) is 41.1 Å². The number of carbonyl (C=O) groups is 1. The van der Waals surface area contributed by atoms with Crippen molar-refractivity contribution in [2.75, 3.05) is 6.61 Å². The number of furan rings is 1. The van der Waals surface area contributed by atoms with Crippen molar-refractivity contribution in [1.82, 2.24) is 9.99 Å². The van der Waals surface area contributed by atoms with Gasteiger partial charge >= 0.3 is 5.91 Å². The first-order valence-corrected chi connectivity index (χ1v) is 15.2. The normalized spacial score (nSPS) is 11.2. The van der Waals surface area contributed by atoms with E-state index in [0.29, 0.717) is 50.2 Å². The van der Waals surface area contributed by atoms with E-state index in [-0.39, 0.29) is 19.0 Å². The Bertz CT molecular complexity index is 1810. The van der Waals surface area contributed by atoms with E-state index in [0.717, 1.165) is 22.6 Å². The number of rotatable bonds is 12. The number of benzene rings is 3. The number of nitrogens with one attached hydrogen (secondary N) is 1. The summed E-state index contributed by atoms with van der Waals surface area (Å²) in [5.41, 5.74) is 7.24. The first-order valence-electron chi connectivity index (χ1n) is 14.0. The summed E-state index contributed by atoms with van der Waals surface area (Å²) < 4.78 is 25.4. The number of ether oxygens (including phenoxy) is 3. The highest BCUT2D eigenvalue weighted by Gasteiger charge is 2.14. The molecule has 0 radical (unpaired) electrons. The second kappa shape index (κ2) is 14.6. The number of aromatic nitrogens is 1. The van der Waals surface area contributed by atoms with Crippen LogP contribution in [0.5, 0.6) is 17.2 Å². The Morgan fingerprint density at radius 3 is 2.31 bits per heavy atom. The fourth-order valence-electron chi connectivity index (χ4n) is 4.57. The van der Waals surface area contributed by atoms with E-state index in [1.807, 2.05) is 37.3 Å². The molecule has 0 aliphatic rings. The van der Waals surface area contributed by atoms with Crippen LogP contribution in [-0.2, 0) is 13.2 Å². The molecule has 45 heavy (non-hydrogen) atoms. The van der Waals surface area contributed by atoms with Gasteiger partial charge in [0.25, 0.3) is 0 Å². The highest BCUT2D eigenvalue weighted by Crippen LogP contribution is 2.37. The third-order valence-corrected chi connectivity index (χ3v) is 7.73. The van der Waals surface area contributed by atoms with E-state index in [1.165, 1.54) is 6.21 Å². The largest absolute Gasteiger partial charge is 0.490 e. The summed E-state index contributed by atoms with van der Waals surface area (Å²) in [6.07, 6.45) is 1.45. The van der Waals surface area contributed by atoms with Gasteiger partial charge in [-0.1, -0.05) is 40.9 Å². The van der Waals surface area contributed by atoms with Crippen LogP contribution in [-0.4, -0.2) is 23.3 Å². The van der Waals surface area contributed by atoms with Crippen LogP contribution in [0.4, 0.5) is 0 Å². The van der Waals surface area contributed by atoms with E-state index in [1.54, 1.807) is 36.4 Å². The van der Waals surface area contributed by atoms with Crippen LogP contribution in [0.15, 0.2) is 88.4 Å². The van der Waals surface area contributed by atoms with Crippen LogP contribution in [0.25, 0.3) is 5.69 Å². The van der Waals surface area contributed by atoms with Gasteiger partial charge in [-0.25, -0.2) is 5.43 Å². The molecule has 0 saturated carbocycles. The Balaban J connectivity index is 1.16. The van der Waals surface area contributed by atoms with Crippen LogP contribution in [0.2, 0.25) is 15.1 Å². The number of hydrogen-bond acceptors (Lipinski definition) is 6. The molecule has 0 fully saturated rings. The van der Waals surface area contributed by atoms with Crippen molar-refractivity contribution in [2.24, 2.45) is 5.10 Å². The van der Waals surface area contributed by atoms with Gasteiger partial charge in [0, 0.05) is 17.1 Å². The number of halogens is 3. The minimum atomic E-state index is -0.517. The third-order valence-electron chi connectivity index (χ3n) is 6.71. The van der Waals surface area contributed by atoms with Crippen LogP contribution in [0, 0.1) is 13.8 Å². The number of hydrazone groups is 1. The van der Waals surface area contributed by atoms with Crippen molar-refractivity contribution < 1.29 is 23.4 Å². The molecular weight excluding hydrogens is 637 g/mol. The van der Waals surface area contributed by atoms with Crippen molar-refractivity contribution in [3.05, 3.63) is 128 Å². The average molecular weight is 667 g/mol. The van der Waals surface area contributed by atoms with Gasteiger partial charge in [-0.15, -0.1) is 0 Å². The second-order valence-electron chi connectivity index (χ2n) is 10.00. The van der Waals surface area contributed by atoms with Gasteiger partial charge in [-0.2, -0.15) is 5.10 Å². The van der Waals surface area contributed by atoms with Crippen molar-refractivity contribution in [2.45, 2.75) is 34.0 Å². The fourth-order valence-corrected chi connectivity index (χ4v) is 5.16. The molecule has 3 aromatic carbocycles. The molecule has 232 valence electrons. The maximum absolute atomic E-state index is 12.6. The predicted molar refractivity (Wildman–Crippen MR) is 177 cm³/mol. The van der Waals surface area contributed by atoms with Gasteiger partial charge in [-0.05, 0) is 105 Å². The molecule has 0 atom stereocenters. The summed E-state index contributed by atoms with van der Waals surface area (Å²) >= 11 is 18.6. The van der Waals surface area contributed by atoms with Crippen LogP contribution in [0.1, 0.15) is 45.8 Å². The Labute approximate surface area is 276 Å². The highest BCUT2D eigenvalue weighted by molar-refractivity contribution is 6.42. The molecule has 0 bridgehead atoms. The molecule has 0 aliphatic carbocycles. The lowest BCUT2D eigenvalue weighted by Gasteiger charge is -2.14. The van der Waals surface area contributed by atoms with Crippen LogP contribution in [0.3, 0.4) is 0 Å². The summed E-state index contributed by atoms with van der Waals surface area (Å²) in [4.78, 5) is 12.6. The van der Waals surface area contributed by atoms with E-state index in [9.17, 15) is 4.79 Å². The summed E-state index contributed by atoms with van der Waals surface area (Å²) in [5, 5.41) is 5.25. The first kappa shape index (κ1) is 32.0.